The predicted octanol–water partition coefficient (Wildman–Crippen LogP) is 4.56. The number of hydrogen-bond acceptors (Lipinski definition) is 4. The monoisotopic (exact) mass is 478 g/mol. The minimum atomic E-state index is -0.927. The second-order valence-corrected chi connectivity index (χ2v) is 10.0. The van der Waals surface area contributed by atoms with Gasteiger partial charge in [0.05, 0.1) is 5.92 Å². The first-order valence-electron chi connectivity index (χ1n) is 12.5. The molecule has 7 heteroatoms. The molecule has 186 valence electrons. The highest BCUT2D eigenvalue weighted by Crippen LogP contribution is 2.44. The Balaban J connectivity index is 1.37. The van der Waals surface area contributed by atoms with Crippen LogP contribution in [-0.4, -0.2) is 42.3 Å². The van der Waals surface area contributed by atoms with Crippen LogP contribution in [-0.2, 0) is 14.3 Å². The van der Waals surface area contributed by atoms with Crippen LogP contribution in [0.5, 0.6) is 0 Å². The second kappa shape index (κ2) is 10.9. The number of benzene rings is 2. The second-order valence-electron chi connectivity index (χ2n) is 10.0. The molecule has 0 spiro atoms. The van der Waals surface area contributed by atoms with Gasteiger partial charge in [-0.05, 0) is 53.4 Å². The molecule has 7 nitrogen and oxygen atoms in total. The molecule has 0 heterocycles. The number of hydrogen-bond donors (Lipinski definition) is 3. The van der Waals surface area contributed by atoms with E-state index in [4.69, 9.17) is 4.74 Å². The average Bonchev–Trinajstić information content (AvgIpc) is 3.12. The van der Waals surface area contributed by atoms with Gasteiger partial charge in [-0.3, -0.25) is 9.59 Å². The number of carboxylic acids is 1. The highest BCUT2D eigenvalue weighted by atomic mass is 16.5. The molecule has 2 aliphatic carbocycles. The zero-order valence-electron chi connectivity index (χ0n) is 20.3. The summed E-state index contributed by atoms with van der Waals surface area (Å²) in [6.07, 6.45) is 2.54. The molecule has 2 aromatic rings. The number of nitrogens with one attached hydrogen (secondary N) is 2. The van der Waals surface area contributed by atoms with E-state index in [0.29, 0.717) is 6.42 Å². The number of rotatable bonds is 10. The molecule has 2 aromatic carbocycles. The van der Waals surface area contributed by atoms with Crippen LogP contribution in [0.4, 0.5) is 4.79 Å². The third-order valence-electron chi connectivity index (χ3n) is 7.15. The minimum absolute atomic E-state index is 0.0314. The van der Waals surface area contributed by atoms with Crippen molar-refractivity contribution in [2.45, 2.75) is 51.5 Å². The van der Waals surface area contributed by atoms with E-state index < -0.39 is 24.0 Å². The van der Waals surface area contributed by atoms with Crippen molar-refractivity contribution in [2.24, 2.45) is 17.8 Å². The van der Waals surface area contributed by atoms with Crippen molar-refractivity contribution in [2.75, 3.05) is 13.2 Å². The topological polar surface area (TPSA) is 105 Å². The van der Waals surface area contributed by atoms with Gasteiger partial charge in [-0.25, -0.2) is 4.79 Å². The number of ether oxygens (including phenoxy) is 1. The summed E-state index contributed by atoms with van der Waals surface area (Å²) in [5.41, 5.74) is 4.55. The Morgan fingerprint density at radius 3 is 2.11 bits per heavy atom. The molecule has 2 unspecified atom stereocenters. The molecule has 2 atom stereocenters. The summed E-state index contributed by atoms with van der Waals surface area (Å²) < 4.78 is 5.63. The van der Waals surface area contributed by atoms with E-state index >= 15 is 0 Å². The van der Waals surface area contributed by atoms with Crippen molar-refractivity contribution in [1.29, 1.82) is 0 Å². The van der Waals surface area contributed by atoms with Gasteiger partial charge >= 0.3 is 12.1 Å². The van der Waals surface area contributed by atoms with E-state index in [1.54, 1.807) is 0 Å². The average molecular weight is 479 g/mol. The van der Waals surface area contributed by atoms with Crippen molar-refractivity contribution in [3.63, 3.8) is 0 Å². The van der Waals surface area contributed by atoms with Gasteiger partial charge in [0.1, 0.15) is 12.6 Å². The lowest BCUT2D eigenvalue weighted by atomic mass is 9.79. The molecule has 2 aliphatic rings. The molecule has 0 saturated heterocycles. The molecule has 0 aromatic heterocycles. The first-order chi connectivity index (χ1) is 16.8. The Hall–Kier alpha value is -3.35. The smallest absolute Gasteiger partial charge is 0.407 e. The van der Waals surface area contributed by atoms with Gasteiger partial charge in [-0.2, -0.15) is 0 Å². The first kappa shape index (κ1) is 24.8. The van der Waals surface area contributed by atoms with E-state index in [9.17, 15) is 19.5 Å². The van der Waals surface area contributed by atoms with Crippen LogP contribution in [0.25, 0.3) is 11.1 Å². The summed E-state index contributed by atoms with van der Waals surface area (Å²) in [7, 11) is 0. The fourth-order valence-electron chi connectivity index (χ4n) is 5.11. The van der Waals surface area contributed by atoms with Gasteiger partial charge in [0.2, 0.25) is 5.91 Å². The van der Waals surface area contributed by atoms with Crippen LogP contribution in [0.3, 0.4) is 0 Å². The van der Waals surface area contributed by atoms with Crippen molar-refractivity contribution in [3.8, 4) is 11.1 Å². The largest absolute Gasteiger partial charge is 0.481 e. The molecule has 0 radical (unpaired) electrons. The maximum atomic E-state index is 12.9. The third kappa shape index (κ3) is 5.66. The van der Waals surface area contributed by atoms with Gasteiger partial charge in [0, 0.05) is 12.5 Å². The molecule has 3 N–H and O–H groups in total. The summed E-state index contributed by atoms with van der Waals surface area (Å²) in [6, 6.07) is 15.5. The molecule has 1 fully saturated rings. The van der Waals surface area contributed by atoms with E-state index in [2.05, 4.69) is 34.9 Å². The first-order valence-corrected chi connectivity index (χ1v) is 12.5. The van der Waals surface area contributed by atoms with Gasteiger partial charge < -0.3 is 20.5 Å². The summed E-state index contributed by atoms with van der Waals surface area (Å²) in [4.78, 5) is 37.2. The van der Waals surface area contributed by atoms with Crippen LogP contribution in [0, 0.1) is 17.8 Å². The zero-order chi connectivity index (χ0) is 24.9. The lowest BCUT2D eigenvalue weighted by Gasteiger charge is -2.33. The Morgan fingerprint density at radius 1 is 1.00 bits per heavy atom. The van der Waals surface area contributed by atoms with Crippen LogP contribution >= 0.6 is 0 Å². The highest BCUT2D eigenvalue weighted by molar-refractivity contribution is 5.86. The quantitative estimate of drug-likeness (QED) is 0.464. The molecule has 35 heavy (non-hydrogen) atoms. The van der Waals surface area contributed by atoms with Crippen molar-refractivity contribution in [1.82, 2.24) is 10.6 Å². The summed E-state index contributed by atoms with van der Waals surface area (Å²) in [5.74, 6) is -1.76. The number of amides is 2. The van der Waals surface area contributed by atoms with Crippen molar-refractivity contribution in [3.05, 3.63) is 59.7 Å². The number of carbonyl (C=O) groups excluding carboxylic acids is 2. The van der Waals surface area contributed by atoms with Crippen LogP contribution in [0.1, 0.15) is 56.6 Å². The Morgan fingerprint density at radius 2 is 1.60 bits per heavy atom. The zero-order valence-corrected chi connectivity index (χ0v) is 20.3. The van der Waals surface area contributed by atoms with Crippen LogP contribution < -0.4 is 10.6 Å². The van der Waals surface area contributed by atoms with E-state index in [1.165, 1.54) is 0 Å². The number of carboxylic acid groups (broad SMARTS) is 1. The van der Waals surface area contributed by atoms with Gasteiger partial charge in [0.15, 0.2) is 0 Å². The van der Waals surface area contributed by atoms with Crippen LogP contribution in [0.15, 0.2) is 48.5 Å². The number of fused-ring (bicyclic) bond motifs is 3. The Labute approximate surface area is 206 Å². The third-order valence-corrected chi connectivity index (χ3v) is 7.15. The van der Waals surface area contributed by atoms with E-state index in [-0.39, 0.29) is 36.8 Å². The number of alkyl carbamates (subject to hydrolysis) is 1. The highest BCUT2D eigenvalue weighted by Gasteiger charge is 2.35. The van der Waals surface area contributed by atoms with E-state index in [0.717, 1.165) is 41.5 Å². The van der Waals surface area contributed by atoms with Gasteiger partial charge in [-0.1, -0.05) is 68.8 Å². The molecule has 4 rings (SSSR count). The van der Waals surface area contributed by atoms with Gasteiger partial charge in [-0.15, -0.1) is 0 Å². The molecule has 0 aliphatic heterocycles. The standard InChI is InChI=1S/C28H34N2O5/c1-17(2)14-19(27(32)33)15-29-26(31)25(18-8-7-9-18)30-28(34)35-16-24-22-12-5-3-10-20(22)21-11-4-6-13-23(21)24/h3-6,10-13,17-19,24-25H,7-9,14-16H2,1-2H3,(H,29,31)(H,30,34)(H,32,33). The molecular weight excluding hydrogens is 444 g/mol. The molecule has 0 bridgehead atoms. The van der Waals surface area contributed by atoms with E-state index in [1.807, 2.05) is 38.1 Å². The lowest BCUT2D eigenvalue weighted by Crippen LogP contribution is -2.53. The molecular formula is C28H34N2O5. The van der Waals surface area contributed by atoms with Gasteiger partial charge in [0.25, 0.3) is 0 Å². The Bertz CT molecular complexity index is 1030. The fraction of sp³-hybridized carbons (Fsp3) is 0.464. The maximum Gasteiger partial charge on any atom is 0.407 e. The van der Waals surface area contributed by atoms with Crippen molar-refractivity contribution < 1.29 is 24.2 Å². The summed E-state index contributed by atoms with van der Waals surface area (Å²) in [6.45, 7) is 4.12. The molecule has 1 saturated carbocycles. The summed E-state index contributed by atoms with van der Waals surface area (Å²) >= 11 is 0. The Kier molecular flexibility index (Phi) is 7.73. The fourth-order valence-corrected chi connectivity index (χ4v) is 5.11. The SMILES string of the molecule is CC(C)CC(CNC(=O)C(NC(=O)OCC1c2ccccc2-c2ccccc21)C1CCC1)C(=O)O. The number of carbonyl (C=O) groups is 3. The van der Waals surface area contributed by atoms with Crippen LogP contribution in [0.2, 0.25) is 0 Å². The molecule has 2 amide bonds. The summed E-state index contributed by atoms with van der Waals surface area (Å²) in [5, 5.41) is 15.0. The van der Waals surface area contributed by atoms with Crippen molar-refractivity contribution >= 4 is 18.0 Å². The minimum Gasteiger partial charge on any atom is -0.481 e. The lowest BCUT2D eigenvalue weighted by molar-refractivity contribution is -0.142. The normalized spacial score (nSPS) is 16.5. The number of aliphatic carboxylic acids is 1. The predicted molar refractivity (Wildman–Crippen MR) is 133 cm³/mol. The maximum absolute atomic E-state index is 12.9.